The number of nitrogens with zero attached hydrogens (tertiary/aromatic N) is 2. The van der Waals surface area contributed by atoms with Crippen LogP contribution in [0.5, 0.6) is 23.0 Å². The van der Waals surface area contributed by atoms with E-state index in [1.54, 1.807) is 78.9 Å². The maximum absolute atomic E-state index is 16.2. The summed E-state index contributed by atoms with van der Waals surface area (Å²) >= 11 is 0. The van der Waals surface area contributed by atoms with Crippen LogP contribution in [0.15, 0.2) is 140 Å². The van der Waals surface area contributed by atoms with Gasteiger partial charge in [-0.05, 0) is 96.8 Å². The summed E-state index contributed by atoms with van der Waals surface area (Å²) in [6, 6.07) is 30.3. The molecule has 7 atom stereocenters. The van der Waals surface area contributed by atoms with Gasteiger partial charge in [0.1, 0.15) is 72.0 Å². The van der Waals surface area contributed by atoms with Gasteiger partial charge in [-0.2, -0.15) is 0 Å². The van der Waals surface area contributed by atoms with E-state index in [4.69, 9.17) is 30.4 Å². The van der Waals surface area contributed by atoms with Gasteiger partial charge in [0.15, 0.2) is 1.41 Å². The Balaban J connectivity index is 1.29. The zero-order chi connectivity index (χ0) is 60.6. The van der Waals surface area contributed by atoms with Crippen LogP contribution in [0.25, 0.3) is 10.8 Å². The van der Waals surface area contributed by atoms with E-state index in [-0.39, 0.29) is 81.2 Å². The van der Waals surface area contributed by atoms with Crippen LogP contribution in [0, 0.1) is 0 Å². The van der Waals surface area contributed by atoms with E-state index in [0.717, 1.165) is 15.4 Å². The van der Waals surface area contributed by atoms with Crippen molar-refractivity contribution in [3.05, 3.63) is 162 Å². The molecule has 442 valence electrons. The smallest absolute Gasteiger partial charge is 0.407 e. The fourth-order valence-electron chi connectivity index (χ4n) is 10.4. The summed E-state index contributed by atoms with van der Waals surface area (Å²) in [5, 5.41) is 22.9. The number of carbonyl (C=O) groups is 7. The quantitative estimate of drug-likeness (QED) is 0.0524. The van der Waals surface area contributed by atoms with Crippen molar-refractivity contribution >= 4 is 58.0 Å². The average Bonchev–Trinajstić information content (AvgIpc) is 3.16. The number of rotatable bonds is 19. The standard InChI is InChI=1S/C63H73N9O12/c1-39-57(74)67-49(18-10-11-28-64)58(75)68-50(31-42-22-26-46(27-23-42)83-38-43-15-8-5-9-16-43)59(76)69-51(32-40-13-6-4-7-14-40)61(78)71-37-48(84-63(80)66-30-29-65)36-54(71)60(77)70-52(33-41-20-24-45(73)25-21-41)62(79)72(39)53-35-47(81-2)34-44-17-12-19-55(82-3)56(44)53/h4-9,12-17,19-27,34-35,39,48-52,54,73H,10-11,18,28-33,36-38,64-65H2,1-3H3,(H,66,80)(H,67,74)(H,68,75)(H,69,76)(H,70,77)/t39-,48+,49-,50-,51-,52-,54-/m0/s1/i/hD. The number of carbonyl (C=O) groups excluding carboxylic acids is 7. The number of nitrogens with two attached hydrogens (primary N) is 2. The summed E-state index contributed by atoms with van der Waals surface area (Å²) in [7, 11) is 2.86. The monoisotopic (exact) mass is 1150 g/mol. The Bertz CT molecular complexity index is 3290. The number of unbranched alkanes of at least 4 members (excludes halogenated alkanes) is 1. The van der Waals surface area contributed by atoms with Gasteiger partial charge in [-0.15, -0.1) is 0 Å². The number of alkyl carbamates (subject to hydrolysis) is 1. The van der Waals surface area contributed by atoms with Crippen LogP contribution in [0.2, 0.25) is 1.41 Å². The van der Waals surface area contributed by atoms with Crippen molar-refractivity contribution in [3.63, 3.8) is 0 Å². The minimum atomic E-state index is -1.80. The average molecular weight is 1150 g/mol. The van der Waals surface area contributed by atoms with Crippen molar-refractivity contribution in [1.82, 2.24) is 31.5 Å². The van der Waals surface area contributed by atoms with Gasteiger partial charge in [0, 0.05) is 50.2 Å². The first-order chi connectivity index (χ1) is 41.1. The number of hydrogen-bond acceptors (Lipinski definition) is 14. The predicted molar refractivity (Wildman–Crippen MR) is 315 cm³/mol. The first kappa shape index (κ1) is 59.4. The summed E-state index contributed by atoms with van der Waals surface area (Å²) < 4.78 is 33.3. The molecule has 21 heteroatoms. The fourth-order valence-corrected chi connectivity index (χ4v) is 10.4. The lowest BCUT2D eigenvalue weighted by Crippen LogP contribution is -2.62. The summed E-state index contributed by atoms with van der Waals surface area (Å²) in [6.45, 7) is 1.72. The molecular weight excluding hydrogens is 1070 g/mol. The zero-order valence-corrected chi connectivity index (χ0v) is 47.2. The van der Waals surface area contributed by atoms with Crippen LogP contribution in [0.3, 0.4) is 0 Å². The lowest BCUT2D eigenvalue weighted by atomic mass is 9.99. The SMILES string of the molecule is [2H]N1C(=O)[C@@H]2C[C@@H](OC(=O)NCCN)CN2C(=O)[C@H](Cc2ccccc2)NC(=O)[C@H](Cc2ccc(OCc3ccccc3)cc2)NC(=O)[C@H](CCCCN)NC(=O)[C@H](C)N(c2cc(OC)cc3cccc(OC)c23)C(=O)[C@@H]1Cc1ccc(O)cc1. The molecule has 8 rings (SSSR count). The number of phenolic OH excluding ortho intramolecular Hbond substituents is 1. The van der Waals surface area contributed by atoms with Crippen LogP contribution < -0.4 is 57.2 Å². The molecule has 2 fully saturated rings. The number of amides is 7. The molecule has 0 unspecified atom stereocenters. The number of fused-ring (bicyclic) bond motifs is 2. The molecule has 21 nitrogen and oxygen atoms in total. The highest BCUT2D eigenvalue weighted by molar-refractivity contribution is 6.12. The molecule has 2 saturated heterocycles. The van der Waals surface area contributed by atoms with Crippen LogP contribution >= 0.6 is 0 Å². The Labute approximate surface area is 489 Å². The van der Waals surface area contributed by atoms with Gasteiger partial charge in [0.05, 0.1) is 26.5 Å². The topological polar surface area (TPSA) is 295 Å². The maximum atomic E-state index is 16.2. The number of phenols is 1. The van der Waals surface area contributed by atoms with Crippen molar-refractivity contribution in [3.8, 4) is 23.0 Å². The summed E-state index contributed by atoms with van der Waals surface area (Å²) in [5.41, 5.74) is 14.2. The van der Waals surface area contributed by atoms with Crippen molar-refractivity contribution in [2.45, 2.75) is 101 Å². The van der Waals surface area contributed by atoms with E-state index in [1.807, 2.05) is 30.3 Å². The largest absolute Gasteiger partial charge is 0.508 e. The third-order valence-electron chi connectivity index (χ3n) is 14.8. The molecule has 10 N–H and O–H groups in total. The minimum Gasteiger partial charge on any atom is -0.508 e. The maximum Gasteiger partial charge on any atom is 0.407 e. The van der Waals surface area contributed by atoms with Crippen LogP contribution in [0.1, 0.15) is 54.9 Å². The van der Waals surface area contributed by atoms with Crippen LogP contribution in [0.4, 0.5) is 10.5 Å². The third-order valence-corrected chi connectivity index (χ3v) is 14.8. The third kappa shape index (κ3) is 15.7. The Morgan fingerprint density at radius 2 is 1.27 bits per heavy atom. The van der Waals surface area contributed by atoms with E-state index < -0.39 is 83.9 Å². The van der Waals surface area contributed by atoms with E-state index >= 15 is 28.8 Å². The van der Waals surface area contributed by atoms with Crippen molar-refractivity contribution < 1.29 is 59.0 Å². The minimum absolute atomic E-state index is 0.0323. The van der Waals surface area contributed by atoms with E-state index in [0.29, 0.717) is 58.0 Å². The highest BCUT2D eigenvalue weighted by atomic mass is 16.6. The second-order valence-electron chi connectivity index (χ2n) is 20.7. The van der Waals surface area contributed by atoms with Crippen LogP contribution in [-0.4, -0.2) is 134 Å². The molecule has 2 aliphatic rings. The molecule has 6 aromatic carbocycles. The molecule has 84 heavy (non-hydrogen) atoms. The number of ether oxygens (including phenoxy) is 4. The molecule has 0 aliphatic carbocycles. The van der Waals surface area contributed by atoms with Gasteiger partial charge in [-0.1, -0.05) is 97.1 Å². The normalized spacial score (nSPS) is 21.1. The number of benzene rings is 6. The van der Waals surface area contributed by atoms with E-state index in [1.165, 1.54) is 51.5 Å². The highest BCUT2D eigenvalue weighted by Gasteiger charge is 2.46. The van der Waals surface area contributed by atoms with Crippen LogP contribution in [-0.2, 0) is 59.4 Å². The molecular formula is C63H73N9O12. The summed E-state index contributed by atoms with van der Waals surface area (Å²) in [5.74, 6) is -4.25. The Hall–Kier alpha value is -9.21. The molecule has 0 saturated carbocycles. The van der Waals surface area contributed by atoms with Crippen molar-refractivity contribution in [2.75, 3.05) is 45.3 Å². The molecule has 0 spiro atoms. The lowest BCUT2D eigenvalue weighted by Gasteiger charge is -2.35. The number of nitrogens with one attached hydrogen (secondary N) is 5. The van der Waals surface area contributed by atoms with Gasteiger partial charge < -0.3 is 67.0 Å². The van der Waals surface area contributed by atoms with Gasteiger partial charge in [-0.3, -0.25) is 33.7 Å². The second-order valence-corrected chi connectivity index (χ2v) is 20.7. The van der Waals surface area contributed by atoms with Gasteiger partial charge in [-0.25, -0.2) is 4.79 Å². The molecule has 0 radical (unpaired) electrons. The number of methoxy groups -OCH3 is 2. The van der Waals surface area contributed by atoms with Crippen molar-refractivity contribution in [1.29, 1.82) is 0 Å². The highest BCUT2D eigenvalue weighted by Crippen LogP contribution is 2.40. The Morgan fingerprint density at radius 1 is 0.655 bits per heavy atom. The van der Waals surface area contributed by atoms with Crippen molar-refractivity contribution in [2.24, 2.45) is 11.5 Å². The molecule has 2 heterocycles. The predicted octanol–water partition coefficient (Wildman–Crippen LogP) is 4.33. The zero-order valence-electron chi connectivity index (χ0n) is 48.2. The summed E-state index contributed by atoms with van der Waals surface area (Å²) in [6.07, 6.45) is -2.19. The molecule has 2 aliphatic heterocycles. The van der Waals surface area contributed by atoms with Gasteiger partial charge >= 0.3 is 6.09 Å². The number of aromatic hydroxyl groups is 1. The molecule has 6 aromatic rings. The molecule has 0 aromatic heterocycles. The van der Waals surface area contributed by atoms with Gasteiger partial charge in [0.25, 0.3) is 5.91 Å². The fraction of sp³-hybridized carbons (Fsp3) is 0.349. The first-order valence-corrected chi connectivity index (χ1v) is 28.0. The van der Waals surface area contributed by atoms with E-state index in [2.05, 4.69) is 21.3 Å². The summed E-state index contributed by atoms with van der Waals surface area (Å²) in [4.78, 5) is 108. The van der Waals surface area contributed by atoms with E-state index in [9.17, 15) is 11.3 Å². The number of anilines is 1. The Kier molecular flexibility index (Phi) is 20.6. The lowest BCUT2D eigenvalue weighted by molar-refractivity contribution is -0.142. The number of hydrogen-bond donors (Lipinski definition) is 8. The first-order valence-electron chi connectivity index (χ1n) is 28.5. The van der Waals surface area contributed by atoms with Gasteiger partial charge in [0.2, 0.25) is 29.5 Å². The second kappa shape index (κ2) is 29.2. The Morgan fingerprint density at radius 3 is 1.94 bits per heavy atom. The molecule has 7 amide bonds. The molecule has 0 bridgehead atoms.